The lowest BCUT2D eigenvalue weighted by Gasteiger charge is -2.15. The normalized spacial score (nSPS) is 10.8. The maximum atomic E-state index is 8.74. The van der Waals surface area contributed by atoms with Crippen LogP contribution in [0.5, 0.6) is 0 Å². The molecule has 3 heteroatoms. The van der Waals surface area contributed by atoms with E-state index in [-0.39, 0.29) is 6.61 Å². The predicted octanol–water partition coefficient (Wildman–Crippen LogP) is 1.72. The van der Waals surface area contributed by atoms with Gasteiger partial charge < -0.3 is 5.11 Å². The van der Waals surface area contributed by atoms with E-state index in [9.17, 15) is 0 Å². The minimum atomic E-state index is 0.222. The number of aliphatic hydroxyl groups excluding tert-OH is 1. The van der Waals surface area contributed by atoms with Crippen molar-refractivity contribution in [3.63, 3.8) is 0 Å². The van der Waals surface area contributed by atoms with Crippen LogP contribution in [0.4, 0.5) is 0 Å². The molecule has 1 aromatic rings. The third-order valence-electron chi connectivity index (χ3n) is 1.88. The van der Waals surface area contributed by atoms with Crippen molar-refractivity contribution in [2.24, 2.45) is 0 Å². The first-order valence-corrected chi connectivity index (χ1v) is 5.34. The first-order chi connectivity index (χ1) is 6.24. The molecule has 0 aliphatic rings. The van der Waals surface area contributed by atoms with Gasteiger partial charge in [0.15, 0.2) is 0 Å². The number of aliphatic hydroxyl groups is 1. The van der Waals surface area contributed by atoms with Crippen LogP contribution in [-0.2, 0) is 6.54 Å². The Morgan fingerprint density at radius 1 is 1.38 bits per heavy atom. The Kier molecular flexibility index (Phi) is 4.69. The van der Waals surface area contributed by atoms with Gasteiger partial charge in [-0.25, -0.2) is 0 Å². The summed E-state index contributed by atoms with van der Waals surface area (Å²) >= 11 is 2.33. The number of hydrogen-bond donors (Lipinski definition) is 1. The average molecular weight is 291 g/mol. The highest BCUT2D eigenvalue weighted by Gasteiger charge is 2.01. The average Bonchev–Trinajstić information content (AvgIpc) is 2.09. The molecule has 1 aromatic carbocycles. The van der Waals surface area contributed by atoms with Crippen molar-refractivity contribution in [3.8, 4) is 0 Å². The lowest BCUT2D eigenvalue weighted by molar-refractivity contribution is 0.217. The van der Waals surface area contributed by atoms with Gasteiger partial charge in [-0.05, 0) is 41.3 Å². The maximum Gasteiger partial charge on any atom is 0.0558 e. The second-order valence-electron chi connectivity index (χ2n) is 3.05. The first-order valence-electron chi connectivity index (χ1n) is 4.27. The first kappa shape index (κ1) is 10.9. The summed E-state index contributed by atoms with van der Waals surface area (Å²) in [5.74, 6) is 0. The van der Waals surface area contributed by atoms with Crippen molar-refractivity contribution >= 4 is 22.6 Å². The summed E-state index contributed by atoms with van der Waals surface area (Å²) in [6.07, 6.45) is 0. The molecule has 0 fully saturated rings. The molecule has 0 aromatic heterocycles. The van der Waals surface area contributed by atoms with Crippen molar-refractivity contribution in [3.05, 3.63) is 33.4 Å². The molecule has 1 N–H and O–H groups in total. The number of rotatable bonds is 4. The molecular weight excluding hydrogens is 277 g/mol. The molecule has 72 valence electrons. The Morgan fingerprint density at radius 3 is 2.69 bits per heavy atom. The number of benzene rings is 1. The molecule has 0 unspecified atom stereocenters. The predicted molar refractivity (Wildman–Crippen MR) is 62.6 cm³/mol. The molecule has 0 aliphatic heterocycles. The standard InChI is InChI=1S/C10H14INO/c1-12(6-7-13)8-9-4-2-3-5-10(9)11/h2-5,13H,6-8H2,1H3. The van der Waals surface area contributed by atoms with Crippen molar-refractivity contribution < 1.29 is 5.11 Å². The van der Waals surface area contributed by atoms with Crippen LogP contribution >= 0.6 is 22.6 Å². The summed E-state index contributed by atoms with van der Waals surface area (Å²) < 4.78 is 1.28. The highest BCUT2D eigenvalue weighted by Crippen LogP contribution is 2.12. The van der Waals surface area contributed by atoms with E-state index in [0.717, 1.165) is 13.1 Å². The van der Waals surface area contributed by atoms with Gasteiger partial charge in [0.2, 0.25) is 0 Å². The van der Waals surface area contributed by atoms with Gasteiger partial charge in [-0.2, -0.15) is 0 Å². The summed E-state index contributed by atoms with van der Waals surface area (Å²) in [5, 5.41) is 8.74. The fourth-order valence-corrected chi connectivity index (χ4v) is 1.73. The molecule has 0 heterocycles. The van der Waals surface area contributed by atoms with E-state index >= 15 is 0 Å². The molecule has 0 atom stereocenters. The van der Waals surface area contributed by atoms with Gasteiger partial charge in [0.1, 0.15) is 0 Å². The van der Waals surface area contributed by atoms with Gasteiger partial charge in [-0.1, -0.05) is 18.2 Å². The second-order valence-corrected chi connectivity index (χ2v) is 4.21. The molecule has 0 radical (unpaired) electrons. The fourth-order valence-electron chi connectivity index (χ4n) is 1.17. The summed E-state index contributed by atoms with van der Waals surface area (Å²) in [6, 6.07) is 8.31. The van der Waals surface area contributed by atoms with Crippen LogP contribution in [-0.4, -0.2) is 30.2 Å². The SMILES string of the molecule is CN(CCO)Cc1ccccc1I. The summed E-state index contributed by atoms with van der Waals surface area (Å²) in [4.78, 5) is 2.11. The third-order valence-corrected chi connectivity index (χ3v) is 2.93. The second kappa shape index (κ2) is 5.57. The molecular formula is C10H14INO. The zero-order valence-corrected chi connectivity index (χ0v) is 9.86. The van der Waals surface area contributed by atoms with Crippen molar-refractivity contribution in [2.45, 2.75) is 6.54 Å². The van der Waals surface area contributed by atoms with Gasteiger partial charge in [-0.15, -0.1) is 0 Å². The molecule has 0 spiro atoms. The molecule has 1 rings (SSSR count). The van der Waals surface area contributed by atoms with Crippen LogP contribution in [0.3, 0.4) is 0 Å². The van der Waals surface area contributed by atoms with Gasteiger partial charge in [-0.3, -0.25) is 4.90 Å². The largest absolute Gasteiger partial charge is 0.395 e. The maximum absolute atomic E-state index is 8.74. The molecule has 0 saturated heterocycles. The van der Waals surface area contributed by atoms with E-state index in [1.54, 1.807) is 0 Å². The Balaban J connectivity index is 2.58. The van der Waals surface area contributed by atoms with E-state index in [1.807, 2.05) is 19.2 Å². The highest BCUT2D eigenvalue weighted by atomic mass is 127. The Bertz CT molecular complexity index is 265. The highest BCUT2D eigenvalue weighted by molar-refractivity contribution is 14.1. The van der Waals surface area contributed by atoms with E-state index in [4.69, 9.17) is 5.11 Å². The van der Waals surface area contributed by atoms with Crippen LogP contribution in [0.2, 0.25) is 0 Å². The van der Waals surface area contributed by atoms with Crippen LogP contribution < -0.4 is 0 Å². The molecule has 0 aliphatic carbocycles. The Morgan fingerprint density at radius 2 is 2.08 bits per heavy atom. The monoisotopic (exact) mass is 291 g/mol. The van der Waals surface area contributed by atoms with E-state index in [0.29, 0.717) is 0 Å². The summed E-state index contributed by atoms with van der Waals surface area (Å²) in [5.41, 5.74) is 1.32. The third kappa shape index (κ3) is 3.62. The Hall–Kier alpha value is -0.130. The zero-order chi connectivity index (χ0) is 9.68. The molecule has 0 amide bonds. The Labute approximate surface area is 92.7 Å². The van der Waals surface area contributed by atoms with Gasteiger partial charge in [0, 0.05) is 16.7 Å². The van der Waals surface area contributed by atoms with E-state index < -0.39 is 0 Å². The van der Waals surface area contributed by atoms with Crippen LogP contribution in [0.25, 0.3) is 0 Å². The van der Waals surface area contributed by atoms with Crippen molar-refractivity contribution in [1.29, 1.82) is 0 Å². The molecule has 2 nitrogen and oxygen atoms in total. The minimum absolute atomic E-state index is 0.222. The summed E-state index contributed by atoms with van der Waals surface area (Å²) in [6.45, 7) is 1.85. The van der Waals surface area contributed by atoms with Crippen LogP contribution in [0.15, 0.2) is 24.3 Å². The molecule has 0 bridgehead atoms. The number of hydrogen-bond acceptors (Lipinski definition) is 2. The van der Waals surface area contributed by atoms with E-state index in [2.05, 4.69) is 39.6 Å². The number of halogens is 1. The molecule has 0 saturated carbocycles. The van der Waals surface area contributed by atoms with E-state index in [1.165, 1.54) is 9.13 Å². The smallest absolute Gasteiger partial charge is 0.0558 e. The quantitative estimate of drug-likeness (QED) is 0.854. The van der Waals surface area contributed by atoms with Crippen LogP contribution in [0, 0.1) is 3.57 Å². The van der Waals surface area contributed by atoms with Gasteiger partial charge in [0.25, 0.3) is 0 Å². The lowest BCUT2D eigenvalue weighted by Crippen LogP contribution is -2.21. The number of nitrogens with zero attached hydrogens (tertiary/aromatic N) is 1. The lowest BCUT2D eigenvalue weighted by atomic mass is 10.2. The minimum Gasteiger partial charge on any atom is -0.395 e. The molecule has 13 heavy (non-hydrogen) atoms. The zero-order valence-electron chi connectivity index (χ0n) is 7.70. The topological polar surface area (TPSA) is 23.5 Å². The van der Waals surface area contributed by atoms with Crippen LogP contribution in [0.1, 0.15) is 5.56 Å². The van der Waals surface area contributed by atoms with Crippen molar-refractivity contribution in [1.82, 2.24) is 4.90 Å². The van der Waals surface area contributed by atoms with Gasteiger partial charge in [0.05, 0.1) is 6.61 Å². The van der Waals surface area contributed by atoms with Crippen molar-refractivity contribution in [2.75, 3.05) is 20.2 Å². The fraction of sp³-hybridized carbons (Fsp3) is 0.400. The summed E-state index contributed by atoms with van der Waals surface area (Å²) in [7, 11) is 2.01. The number of likely N-dealkylation sites (N-methyl/N-ethyl adjacent to an activating group) is 1. The van der Waals surface area contributed by atoms with Gasteiger partial charge >= 0.3 is 0 Å².